The van der Waals surface area contributed by atoms with Crippen LogP contribution >= 0.6 is 23.4 Å². The second-order valence-corrected chi connectivity index (χ2v) is 9.51. The molecular formula is C17H14ClNO6S2. The van der Waals surface area contributed by atoms with E-state index in [-0.39, 0.29) is 28.2 Å². The van der Waals surface area contributed by atoms with Crippen molar-refractivity contribution in [3.8, 4) is 0 Å². The van der Waals surface area contributed by atoms with Crippen molar-refractivity contribution < 1.29 is 22.9 Å². The molecule has 1 heterocycles. The summed E-state index contributed by atoms with van der Waals surface area (Å²) in [4.78, 5) is 22.2. The number of nitro benzene ring substituents is 1. The molecule has 0 unspecified atom stereocenters. The zero-order valence-corrected chi connectivity index (χ0v) is 16.2. The standard InChI is InChI=1S/C17H14ClNO6S2/c18-12-3-1-11(2-4-12)17(20)25-7-8-26-15-10-27(23,24)16-9-13(19(21)22)5-6-14(15)16/h1-6,9,15H,7-8,10H2/t15-/m1/s1. The van der Waals surface area contributed by atoms with Gasteiger partial charge in [-0.2, -0.15) is 0 Å². The summed E-state index contributed by atoms with van der Waals surface area (Å²) in [7, 11) is -3.56. The third-order valence-corrected chi connectivity index (χ3v) is 7.46. The lowest BCUT2D eigenvalue weighted by Gasteiger charge is -2.10. The molecule has 0 aromatic heterocycles. The van der Waals surface area contributed by atoms with Crippen molar-refractivity contribution in [3.05, 3.63) is 68.7 Å². The Kier molecular flexibility index (Phi) is 5.73. The van der Waals surface area contributed by atoms with E-state index in [1.54, 1.807) is 24.3 Å². The van der Waals surface area contributed by atoms with Crippen LogP contribution < -0.4 is 0 Å². The molecule has 3 rings (SSSR count). The van der Waals surface area contributed by atoms with Crippen LogP contribution in [0.15, 0.2) is 47.4 Å². The number of fused-ring (bicyclic) bond motifs is 1. The smallest absolute Gasteiger partial charge is 0.338 e. The molecule has 1 aliphatic rings. The minimum Gasteiger partial charge on any atom is -0.461 e. The van der Waals surface area contributed by atoms with Crippen molar-refractivity contribution in [3.63, 3.8) is 0 Å². The Morgan fingerprint density at radius 2 is 1.96 bits per heavy atom. The maximum Gasteiger partial charge on any atom is 0.338 e. The predicted octanol–water partition coefficient (Wildman–Crippen LogP) is 3.67. The highest BCUT2D eigenvalue weighted by Crippen LogP contribution is 2.43. The van der Waals surface area contributed by atoms with Crippen LogP contribution in [0.4, 0.5) is 5.69 Å². The molecule has 0 spiro atoms. The number of hydrogen-bond donors (Lipinski definition) is 0. The maximum absolute atomic E-state index is 12.3. The highest BCUT2D eigenvalue weighted by Gasteiger charge is 2.36. The van der Waals surface area contributed by atoms with Crippen molar-refractivity contribution in [2.45, 2.75) is 10.1 Å². The Morgan fingerprint density at radius 3 is 2.63 bits per heavy atom. The van der Waals surface area contributed by atoms with E-state index in [4.69, 9.17) is 16.3 Å². The zero-order chi connectivity index (χ0) is 19.6. The molecule has 0 saturated carbocycles. The largest absolute Gasteiger partial charge is 0.461 e. The second-order valence-electron chi connectivity index (χ2n) is 5.76. The van der Waals surface area contributed by atoms with Crippen LogP contribution in [0.3, 0.4) is 0 Å². The van der Waals surface area contributed by atoms with Gasteiger partial charge in [-0.1, -0.05) is 11.6 Å². The van der Waals surface area contributed by atoms with Gasteiger partial charge in [-0.05, 0) is 35.9 Å². The van der Waals surface area contributed by atoms with Crippen LogP contribution in [0, 0.1) is 10.1 Å². The molecule has 142 valence electrons. The number of benzene rings is 2. The first-order valence-corrected chi connectivity index (χ1v) is 10.9. The molecule has 0 bridgehead atoms. The number of carbonyl (C=O) groups is 1. The fourth-order valence-corrected chi connectivity index (χ4v) is 6.28. The number of esters is 1. The van der Waals surface area contributed by atoms with Crippen molar-refractivity contribution in [2.24, 2.45) is 0 Å². The van der Waals surface area contributed by atoms with E-state index < -0.39 is 20.7 Å². The van der Waals surface area contributed by atoms with Crippen molar-refractivity contribution in [1.29, 1.82) is 0 Å². The number of halogens is 1. The number of hydrogen-bond acceptors (Lipinski definition) is 7. The lowest BCUT2D eigenvalue weighted by atomic mass is 10.1. The molecule has 0 aliphatic carbocycles. The minimum atomic E-state index is -3.56. The summed E-state index contributed by atoms with van der Waals surface area (Å²) in [6, 6.07) is 10.2. The summed E-state index contributed by atoms with van der Waals surface area (Å²) in [5, 5.41) is 11.0. The van der Waals surface area contributed by atoms with Gasteiger partial charge >= 0.3 is 5.97 Å². The first-order chi connectivity index (χ1) is 12.8. The average molecular weight is 428 g/mol. The summed E-state index contributed by atoms with van der Waals surface area (Å²) in [6.45, 7) is 0.116. The number of non-ortho nitro benzene ring substituents is 1. The van der Waals surface area contributed by atoms with Crippen LogP contribution in [0.1, 0.15) is 21.2 Å². The fraction of sp³-hybridized carbons (Fsp3) is 0.235. The number of nitro groups is 1. The van der Waals surface area contributed by atoms with Crippen LogP contribution in [0.5, 0.6) is 0 Å². The molecule has 1 aliphatic heterocycles. The molecule has 7 nitrogen and oxygen atoms in total. The van der Waals surface area contributed by atoms with Crippen molar-refractivity contribution >= 4 is 44.9 Å². The highest BCUT2D eigenvalue weighted by molar-refractivity contribution is 8.01. The zero-order valence-electron chi connectivity index (χ0n) is 13.8. The molecule has 27 heavy (non-hydrogen) atoms. The van der Waals surface area contributed by atoms with Crippen LogP contribution in [-0.4, -0.2) is 37.4 Å². The third-order valence-electron chi connectivity index (χ3n) is 3.98. The van der Waals surface area contributed by atoms with Crippen LogP contribution in [0.25, 0.3) is 0 Å². The molecule has 10 heteroatoms. The van der Waals surface area contributed by atoms with E-state index in [0.29, 0.717) is 21.9 Å². The maximum atomic E-state index is 12.3. The van der Waals surface area contributed by atoms with Gasteiger partial charge in [0.05, 0.1) is 21.1 Å². The molecule has 0 radical (unpaired) electrons. The molecular weight excluding hydrogens is 414 g/mol. The third kappa shape index (κ3) is 4.42. The Hall–Kier alpha value is -2.10. The van der Waals surface area contributed by atoms with Gasteiger partial charge in [0.1, 0.15) is 6.61 Å². The molecule has 1 atom stereocenters. The summed E-state index contributed by atoms with van der Waals surface area (Å²) in [6.07, 6.45) is 0. The Balaban J connectivity index is 1.59. The summed E-state index contributed by atoms with van der Waals surface area (Å²) in [5.41, 5.74) is 0.681. The molecule has 0 fully saturated rings. The molecule has 2 aromatic carbocycles. The Morgan fingerprint density at radius 1 is 1.26 bits per heavy atom. The van der Waals surface area contributed by atoms with E-state index in [0.717, 1.165) is 6.07 Å². The number of nitrogens with zero attached hydrogens (tertiary/aromatic N) is 1. The van der Waals surface area contributed by atoms with Gasteiger partial charge in [0.15, 0.2) is 9.84 Å². The Labute approximate surface area is 164 Å². The number of rotatable bonds is 6. The molecule has 0 N–H and O–H groups in total. The van der Waals surface area contributed by atoms with Crippen LogP contribution in [0.2, 0.25) is 5.02 Å². The highest BCUT2D eigenvalue weighted by atomic mass is 35.5. The normalized spacial score (nSPS) is 17.3. The summed E-state index contributed by atoms with van der Waals surface area (Å²) < 4.78 is 29.7. The van der Waals surface area contributed by atoms with Crippen molar-refractivity contribution in [2.75, 3.05) is 18.1 Å². The Bertz CT molecular complexity index is 991. The predicted molar refractivity (Wildman–Crippen MR) is 102 cm³/mol. The summed E-state index contributed by atoms with van der Waals surface area (Å²) in [5.74, 6) is -0.211. The number of thioether (sulfide) groups is 1. The van der Waals surface area contributed by atoms with Crippen molar-refractivity contribution in [1.82, 2.24) is 0 Å². The average Bonchev–Trinajstić information content (AvgIpc) is 2.89. The monoisotopic (exact) mass is 427 g/mol. The van der Waals surface area contributed by atoms with Crippen LogP contribution in [-0.2, 0) is 14.6 Å². The number of sulfone groups is 1. The van der Waals surface area contributed by atoms with E-state index in [1.807, 2.05) is 0 Å². The fourth-order valence-electron chi connectivity index (χ4n) is 2.68. The lowest BCUT2D eigenvalue weighted by molar-refractivity contribution is -0.385. The first kappa shape index (κ1) is 19.7. The SMILES string of the molecule is O=C(OCCS[C@@H]1CS(=O)(=O)c2cc([N+](=O)[O-])ccc21)c1ccc(Cl)cc1. The second kappa shape index (κ2) is 7.87. The van der Waals surface area contributed by atoms with Gasteiger partial charge in [-0.3, -0.25) is 10.1 Å². The topological polar surface area (TPSA) is 104 Å². The van der Waals surface area contributed by atoms with Gasteiger partial charge < -0.3 is 4.74 Å². The molecule has 2 aromatic rings. The lowest BCUT2D eigenvalue weighted by Crippen LogP contribution is -2.09. The molecule has 0 saturated heterocycles. The minimum absolute atomic E-state index is 0.00681. The van der Waals surface area contributed by atoms with Gasteiger partial charge in [-0.25, -0.2) is 13.2 Å². The van der Waals surface area contributed by atoms with E-state index >= 15 is 0 Å². The van der Waals surface area contributed by atoms with Gasteiger partial charge in [0.2, 0.25) is 0 Å². The van der Waals surface area contributed by atoms with Gasteiger partial charge in [0.25, 0.3) is 5.69 Å². The first-order valence-electron chi connectivity index (χ1n) is 7.83. The number of carbonyl (C=O) groups excluding carboxylic acids is 1. The molecule has 0 amide bonds. The van der Waals surface area contributed by atoms with Gasteiger partial charge in [-0.15, -0.1) is 11.8 Å². The van der Waals surface area contributed by atoms with Gasteiger partial charge in [0, 0.05) is 28.2 Å². The quantitative estimate of drug-likeness (QED) is 0.300. The number of ether oxygens (including phenoxy) is 1. The van der Waals surface area contributed by atoms with E-state index in [9.17, 15) is 23.3 Å². The van der Waals surface area contributed by atoms with E-state index in [2.05, 4.69) is 0 Å². The van der Waals surface area contributed by atoms with E-state index in [1.165, 1.54) is 23.9 Å². The summed E-state index contributed by atoms with van der Waals surface area (Å²) >= 11 is 7.10.